The third kappa shape index (κ3) is 5.58. The van der Waals surface area contributed by atoms with Crippen molar-refractivity contribution in [1.82, 2.24) is 5.32 Å². The zero-order chi connectivity index (χ0) is 18.8. The first-order chi connectivity index (χ1) is 12.7. The van der Waals surface area contributed by atoms with Gasteiger partial charge in [0.1, 0.15) is 17.2 Å². The Morgan fingerprint density at radius 1 is 0.923 bits per heavy atom. The Hall–Kier alpha value is -2.89. The lowest BCUT2D eigenvalue weighted by molar-refractivity contribution is -0.120. The second-order valence-electron chi connectivity index (χ2n) is 5.65. The predicted octanol–water partition coefficient (Wildman–Crippen LogP) is 2.87. The molecule has 26 heavy (non-hydrogen) atoms. The van der Waals surface area contributed by atoms with Gasteiger partial charge in [0.25, 0.3) is 0 Å². The van der Waals surface area contributed by atoms with Gasteiger partial charge in [-0.15, -0.1) is 0 Å². The first-order valence-electron chi connectivity index (χ1n) is 8.52. The first kappa shape index (κ1) is 19.4. The zero-order valence-corrected chi connectivity index (χ0v) is 15.5. The molecule has 0 saturated heterocycles. The normalized spacial score (nSPS) is 10.1. The molecule has 0 bridgehead atoms. The SMILES string of the molecule is COc1ccc(OC)c(NCCC(=O)NCCc2ccccc2OC)c1. The summed E-state index contributed by atoms with van der Waals surface area (Å²) < 4.78 is 15.8. The Bertz CT molecular complexity index is 719. The van der Waals surface area contributed by atoms with Crippen LogP contribution in [0.3, 0.4) is 0 Å². The van der Waals surface area contributed by atoms with Gasteiger partial charge in [-0.1, -0.05) is 18.2 Å². The molecule has 6 heteroatoms. The maximum Gasteiger partial charge on any atom is 0.221 e. The van der Waals surface area contributed by atoms with E-state index in [1.165, 1.54) is 0 Å². The first-order valence-corrected chi connectivity index (χ1v) is 8.52. The molecule has 0 aliphatic carbocycles. The summed E-state index contributed by atoms with van der Waals surface area (Å²) in [7, 11) is 4.87. The van der Waals surface area contributed by atoms with Gasteiger partial charge in [0.05, 0.1) is 27.0 Å². The van der Waals surface area contributed by atoms with E-state index in [1.54, 1.807) is 21.3 Å². The number of benzene rings is 2. The molecule has 2 rings (SSSR count). The highest BCUT2D eigenvalue weighted by molar-refractivity contribution is 5.76. The maximum absolute atomic E-state index is 12.0. The number of methoxy groups -OCH3 is 3. The Morgan fingerprint density at radius 2 is 1.69 bits per heavy atom. The van der Waals surface area contributed by atoms with Crippen LogP contribution in [-0.2, 0) is 11.2 Å². The fourth-order valence-electron chi connectivity index (χ4n) is 2.60. The molecule has 1 amide bonds. The van der Waals surface area contributed by atoms with Crippen molar-refractivity contribution in [3.05, 3.63) is 48.0 Å². The number of carbonyl (C=O) groups excluding carboxylic acids is 1. The molecule has 0 heterocycles. The number of rotatable bonds is 10. The molecule has 2 aromatic rings. The minimum Gasteiger partial charge on any atom is -0.497 e. The standard InChI is InChI=1S/C20H26N2O4/c1-24-16-8-9-19(26-3)17(14-16)21-13-11-20(23)22-12-10-15-6-4-5-7-18(15)25-2/h4-9,14,21H,10-13H2,1-3H3,(H,22,23). The summed E-state index contributed by atoms with van der Waals surface area (Å²) in [6.07, 6.45) is 1.10. The molecule has 0 aliphatic rings. The van der Waals surface area contributed by atoms with Crippen molar-refractivity contribution in [3.63, 3.8) is 0 Å². The van der Waals surface area contributed by atoms with E-state index < -0.39 is 0 Å². The summed E-state index contributed by atoms with van der Waals surface area (Å²) in [5.74, 6) is 2.28. The van der Waals surface area contributed by atoms with E-state index in [2.05, 4.69) is 10.6 Å². The average molecular weight is 358 g/mol. The van der Waals surface area contributed by atoms with E-state index in [1.807, 2.05) is 42.5 Å². The molecule has 6 nitrogen and oxygen atoms in total. The molecule has 0 saturated carbocycles. The average Bonchev–Trinajstić information content (AvgIpc) is 2.68. The van der Waals surface area contributed by atoms with Crippen LogP contribution in [0.2, 0.25) is 0 Å². The molecule has 0 atom stereocenters. The van der Waals surface area contributed by atoms with Crippen LogP contribution in [0.1, 0.15) is 12.0 Å². The highest BCUT2D eigenvalue weighted by atomic mass is 16.5. The summed E-state index contributed by atoms with van der Waals surface area (Å²) in [5.41, 5.74) is 1.88. The fourth-order valence-corrected chi connectivity index (χ4v) is 2.60. The Balaban J connectivity index is 1.75. The minimum atomic E-state index is -0.00531. The van der Waals surface area contributed by atoms with Gasteiger partial charge in [-0.25, -0.2) is 0 Å². The van der Waals surface area contributed by atoms with Crippen molar-refractivity contribution in [2.75, 3.05) is 39.7 Å². The molecular formula is C20H26N2O4. The summed E-state index contributed by atoms with van der Waals surface area (Å²) in [6, 6.07) is 13.3. The molecular weight excluding hydrogens is 332 g/mol. The van der Waals surface area contributed by atoms with Crippen molar-refractivity contribution in [1.29, 1.82) is 0 Å². The number of amides is 1. The van der Waals surface area contributed by atoms with Crippen LogP contribution in [0.4, 0.5) is 5.69 Å². The summed E-state index contributed by atoms with van der Waals surface area (Å²) in [4.78, 5) is 12.0. The smallest absolute Gasteiger partial charge is 0.221 e. The molecule has 0 spiro atoms. The third-order valence-electron chi connectivity index (χ3n) is 3.98. The van der Waals surface area contributed by atoms with Crippen molar-refractivity contribution >= 4 is 11.6 Å². The lowest BCUT2D eigenvalue weighted by Crippen LogP contribution is -2.27. The predicted molar refractivity (Wildman–Crippen MR) is 102 cm³/mol. The molecule has 0 fully saturated rings. The lowest BCUT2D eigenvalue weighted by atomic mass is 10.1. The third-order valence-corrected chi connectivity index (χ3v) is 3.98. The number of nitrogens with one attached hydrogen (secondary N) is 2. The Kier molecular flexibility index (Phi) is 7.61. The van der Waals surface area contributed by atoms with E-state index >= 15 is 0 Å². The molecule has 0 aromatic heterocycles. The van der Waals surface area contributed by atoms with Crippen LogP contribution in [0.25, 0.3) is 0 Å². The van der Waals surface area contributed by atoms with Crippen molar-refractivity contribution in [2.45, 2.75) is 12.8 Å². The lowest BCUT2D eigenvalue weighted by Gasteiger charge is -2.13. The summed E-state index contributed by atoms with van der Waals surface area (Å²) in [6.45, 7) is 1.08. The van der Waals surface area contributed by atoms with Crippen LogP contribution in [-0.4, -0.2) is 40.3 Å². The second kappa shape index (κ2) is 10.2. The van der Waals surface area contributed by atoms with Gasteiger partial charge in [0, 0.05) is 25.6 Å². The quantitative estimate of drug-likeness (QED) is 0.683. The Morgan fingerprint density at radius 3 is 2.42 bits per heavy atom. The zero-order valence-electron chi connectivity index (χ0n) is 15.5. The van der Waals surface area contributed by atoms with Crippen LogP contribution < -0.4 is 24.8 Å². The largest absolute Gasteiger partial charge is 0.497 e. The van der Waals surface area contributed by atoms with E-state index in [0.717, 1.165) is 29.2 Å². The van der Waals surface area contributed by atoms with Gasteiger partial charge < -0.3 is 24.8 Å². The van der Waals surface area contributed by atoms with Gasteiger partial charge in [0.15, 0.2) is 0 Å². The second-order valence-corrected chi connectivity index (χ2v) is 5.65. The molecule has 140 valence electrons. The van der Waals surface area contributed by atoms with E-state index in [-0.39, 0.29) is 5.91 Å². The van der Waals surface area contributed by atoms with Crippen molar-refractivity contribution < 1.29 is 19.0 Å². The molecule has 2 aromatic carbocycles. The summed E-state index contributed by atoms with van der Waals surface area (Å²) >= 11 is 0. The van der Waals surface area contributed by atoms with Crippen molar-refractivity contribution in [3.8, 4) is 17.2 Å². The van der Waals surface area contributed by atoms with Gasteiger partial charge >= 0.3 is 0 Å². The number of anilines is 1. The van der Waals surface area contributed by atoms with Crippen LogP contribution in [0, 0.1) is 0 Å². The van der Waals surface area contributed by atoms with E-state index in [0.29, 0.717) is 25.3 Å². The van der Waals surface area contributed by atoms with Crippen LogP contribution >= 0.6 is 0 Å². The van der Waals surface area contributed by atoms with Gasteiger partial charge in [-0.3, -0.25) is 4.79 Å². The van der Waals surface area contributed by atoms with Crippen LogP contribution in [0.5, 0.6) is 17.2 Å². The Labute approximate surface area is 154 Å². The van der Waals surface area contributed by atoms with E-state index in [9.17, 15) is 4.79 Å². The number of hydrogen-bond acceptors (Lipinski definition) is 5. The van der Waals surface area contributed by atoms with Crippen molar-refractivity contribution in [2.24, 2.45) is 0 Å². The van der Waals surface area contributed by atoms with Gasteiger partial charge in [-0.2, -0.15) is 0 Å². The molecule has 0 aliphatic heterocycles. The minimum absolute atomic E-state index is 0.00531. The number of hydrogen-bond donors (Lipinski definition) is 2. The monoisotopic (exact) mass is 358 g/mol. The van der Waals surface area contributed by atoms with Crippen LogP contribution in [0.15, 0.2) is 42.5 Å². The highest BCUT2D eigenvalue weighted by Crippen LogP contribution is 2.28. The number of carbonyl (C=O) groups is 1. The van der Waals surface area contributed by atoms with E-state index in [4.69, 9.17) is 14.2 Å². The molecule has 2 N–H and O–H groups in total. The van der Waals surface area contributed by atoms with Gasteiger partial charge in [-0.05, 0) is 30.2 Å². The molecule has 0 radical (unpaired) electrons. The number of para-hydroxylation sites is 1. The maximum atomic E-state index is 12.0. The topological polar surface area (TPSA) is 68.8 Å². The summed E-state index contributed by atoms with van der Waals surface area (Å²) in [5, 5.41) is 6.14. The number of ether oxygens (including phenoxy) is 3. The molecule has 0 unspecified atom stereocenters. The van der Waals surface area contributed by atoms with Gasteiger partial charge in [0.2, 0.25) is 5.91 Å². The fraction of sp³-hybridized carbons (Fsp3) is 0.350. The highest BCUT2D eigenvalue weighted by Gasteiger charge is 2.07.